The number of amides is 1. The van der Waals surface area contributed by atoms with Gasteiger partial charge in [0.25, 0.3) is 0 Å². The number of halogens is 3. The molecule has 1 aliphatic rings. The average Bonchev–Trinajstić information content (AvgIpc) is 3.21. The maximum atomic E-state index is 12.6. The number of benzene rings is 1. The number of anilines is 1. The molecule has 0 spiro atoms. The van der Waals surface area contributed by atoms with E-state index in [9.17, 15) is 18.0 Å². The Morgan fingerprint density at radius 3 is 2.50 bits per heavy atom. The van der Waals surface area contributed by atoms with E-state index in [4.69, 9.17) is 0 Å². The van der Waals surface area contributed by atoms with Crippen LogP contribution in [0.5, 0.6) is 0 Å². The second kappa shape index (κ2) is 8.63. The molecule has 1 N–H and O–H groups in total. The molecule has 0 aliphatic carbocycles. The molecule has 1 aromatic heterocycles. The molecule has 150 valence electrons. The lowest BCUT2D eigenvalue weighted by Gasteiger charge is -2.17. The molecule has 1 aliphatic heterocycles. The van der Waals surface area contributed by atoms with Crippen LogP contribution in [0.15, 0.2) is 42.6 Å². The second-order valence-electron chi connectivity index (χ2n) is 7.22. The van der Waals surface area contributed by atoms with Crippen molar-refractivity contribution in [2.75, 3.05) is 18.0 Å². The molecule has 2 heterocycles. The second-order valence-corrected chi connectivity index (χ2v) is 7.22. The Labute approximate surface area is 162 Å². The van der Waals surface area contributed by atoms with E-state index in [0.29, 0.717) is 12.1 Å². The third-order valence-electron chi connectivity index (χ3n) is 5.03. The highest BCUT2D eigenvalue weighted by Gasteiger charge is 2.30. The highest BCUT2D eigenvalue weighted by Crippen LogP contribution is 2.30. The molecule has 0 saturated carbocycles. The van der Waals surface area contributed by atoms with Crippen LogP contribution in [0.1, 0.15) is 48.8 Å². The van der Waals surface area contributed by atoms with Gasteiger partial charge in [-0.1, -0.05) is 19.1 Å². The smallest absolute Gasteiger partial charge is 0.357 e. The summed E-state index contributed by atoms with van der Waals surface area (Å²) < 4.78 is 37.9. The number of carbonyl (C=O) groups is 1. The van der Waals surface area contributed by atoms with Crippen molar-refractivity contribution in [1.29, 1.82) is 0 Å². The molecule has 4 nitrogen and oxygen atoms in total. The molecule has 1 unspecified atom stereocenters. The highest BCUT2D eigenvalue weighted by molar-refractivity contribution is 5.76. The zero-order valence-corrected chi connectivity index (χ0v) is 15.8. The Hall–Kier alpha value is -2.57. The van der Waals surface area contributed by atoms with E-state index in [1.54, 1.807) is 6.20 Å². The van der Waals surface area contributed by atoms with Crippen molar-refractivity contribution in [3.63, 3.8) is 0 Å². The van der Waals surface area contributed by atoms with Crippen LogP contribution >= 0.6 is 0 Å². The maximum Gasteiger partial charge on any atom is 0.416 e. The van der Waals surface area contributed by atoms with Crippen LogP contribution in [0, 0.1) is 0 Å². The van der Waals surface area contributed by atoms with Gasteiger partial charge in [-0.15, -0.1) is 0 Å². The minimum Gasteiger partial charge on any atom is -0.357 e. The summed E-state index contributed by atoms with van der Waals surface area (Å²) in [6.45, 7) is 4.25. The lowest BCUT2D eigenvalue weighted by Crippen LogP contribution is -2.24. The maximum absolute atomic E-state index is 12.6. The molecule has 2 aromatic rings. The molecule has 0 radical (unpaired) electrons. The summed E-state index contributed by atoms with van der Waals surface area (Å²) in [5.74, 6) is 0.634. The average molecular weight is 391 g/mol. The number of pyridine rings is 1. The summed E-state index contributed by atoms with van der Waals surface area (Å²) in [6.07, 6.45) is -0.0397. The molecular formula is C21H24F3N3O. The minimum atomic E-state index is -4.35. The Balaban J connectivity index is 1.52. The molecule has 3 rings (SSSR count). The Bertz CT molecular complexity index is 799. The van der Waals surface area contributed by atoms with Crippen molar-refractivity contribution in [2.45, 2.75) is 44.8 Å². The van der Waals surface area contributed by atoms with Crippen molar-refractivity contribution in [1.82, 2.24) is 10.3 Å². The van der Waals surface area contributed by atoms with Gasteiger partial charge in [0.2, 0.25) is 5.91 Å². The molecular weight excluding hydrogens is 367 g/mol. The quantitative estimate of drug-likeness (QED) is 0.788. The molecule has 1 fully saturated rings. The monoisotopic (exact) mass is 391 g/mol. The first kappa shape index (κ1) is 20.2. The number of aromatic nitrogens is 1. The molecule has 1 amide bonds. The first-order chi connectivity index (χ1) is 13.3. The Morgan fingerprint density at radius 2 is 1.86 bits per heavy atom. The fourth-order valence-electron chi connectivity index (χ4n) is 3.36. The van der Waals surface area contributed by atoms with Gasteiger partial charge in [-0.25, -0.2) is 4.98 Å². The lowest BCUT2D eigenvalue weighted by atomic mass is 9.96. The van der Waals surface area contributed by atoms with Gasteiger partial charge in [-0.05, 0) is 54.2 Å². The van der Waals surface area contributed by atoms with Crippen LogP contribution in [-0.4, -0.2) is 24.0 Å². The zero-order chi connectivity index (χ0) is 20.1. The van der Waals surface area contributed by atoms with E-state index >= 15 is 0 Å². The molecule has 7 heteroatoms. The van der Waals surface area contributed by atoms with E-state index in [0.717, 1.165) is 36.6 Å². The summed E-state index contributed by atoms with van der Waals surface area (Å²) >= 11 is 0. The number of nitrogens with one attached hydrogen (secondary N) is 1. The molecule has 0 bridgehead atoms. The van der Waals surface area contributed by atoms with Gasteiger partial charge in [0.1, 0.15) is 5.82 Å². The fourth-order valence-corrected chi connectivity index (χ4v) is 3.36. The third-order valence-corrected chi connectivity index (χ3v) is 5.03. The predicted molar refractivity (Wildman–Crippen MR) is 102 cm³/mol. The van der Waals surface area contributed by atoms with Crippen molar-refractivity contribution < 1.29 is 18.0 Å². The number of nitrogens with zero attached hydrogens (tertiary/aromatic N) is 2. The summed E-state index contributed by atoms with van der Waals surface area (Å²) in [5.41, 5.74) is 1.01. The van der Waals surface area contributed by atoms with Crippen molar-refractivity contribution in [3.8, 4) is 0 Å². The summed E-state index contributed by atoms with van der Waals surface area (Å²) in [7, 11) is 0. The number of carbonyl (C=O) groups excluding carboxylic acids is 1. The Morgan fingerprint density at radius 1 is 1.18 bits per heavy atom. The van der Waals surface area contributed by atoms with Crippen LogP contribution in [0.3, 0.4) is 0 Å². The number of rotatable bonds is 6. The first-order valence-corrected chi connectivity index (χ1v) is 9.46. The van der Waals surface area contributed by atoms with Crippen LogP contribution in [0.25, 0.3) is 0 Å². The number of hydrogen-bond acceptors (Lipinski definition) is 3. The van der Waals surface area contributed by atoms with Gasteiger partial charge in [0, 0.05) is 32.3 Å². The molecule has 1 aromatic carbocycles. The Kier molecular flexibility index (Phi) is 6.21. The molecule has 1 atom stereocenters. The van der Waals surface area contributed by atoms with Gasteiger partial charge in [-0.3, -0.25) is 4.79 Å². The van der Waals surface area contributed by atoms with Crippen LogP contribution < -0.4 is 10.2 Å². The van der Waals surface area contributed by atoms with E-state index in [1.165, 1.54) is 25.0 Å². The van der Waals surface area contributed by atoms with E-state index < -0.39 is 11.7 Å². The van der Waals surface area contributed by atoms with Crippen LogP contribution in [0.4, 0.5) is 19.0 Å². The number of hydrogen-bond donors (Lipinski definition) is 1. The molecule has 1 saturated heterocycles. The van der Waals surface area contributed by atoms with Crippen molar-refractivity contribution >= 4 is 11.7 Å². The fraction of sp³-hybridized carbons (Fsp3) is 0.429. The molecule has 28 heavy (non-hydrogen) atoms. The van der Waals surface area contributed by atoms with E-state index in [1.807, 2.05) is 19.1 Å². The summed E-state index contributed by atoms with van der Waals surface area (Å²) in [6, 6.07) is 8.85. The first-order valence-electron chi connectivity index (χ1n) is 9.46. The van der Waals surface area contributed by atoms with Crippen LogP contribution in [-0.2, 0) is 17.5 Å². The summed E-state index contributed by atoms with van der Waals surface area (Å²) in [5, 5.41) is 2.89. The van der Waals surface area contributed by atoms with Gasteiger partial charge in [0.05, 0.1) is 5.56 Å². The van der Waals surface area contributed by atoms with Crippen molar-refractivity contribution in [3.05, 3.63) is 59.3 Å². The van der Waals surface area contributed by atoms with Gasteiger partial charge in [0.15, 0.2) is 0 Å². The normalized spacial score (nSPS) is 15.5. The zero-order valence-electron chi connectivity index (χ0n) is 15.8. The topological polar surface area (TPSA) is 45.2 Å². The standard InChI is InChI=1S/C21H24F3N3O/c1-15(17-4-6-18(7-5-17)21(22,23)24)12-20(28)26-14-16-8-9-25-19(13-16)27-10-2-3-11-27/h4-9,13,15H,2-3,10-12,14H2,1H3,(H,26,28). The predicted octanol–water partition coefficient (Wildman–Crippen LogP) is 4.51. The summed E-state index contributed by atoms with van der Waals surface area (Å²) in [4.78, 5) is 18.9. The SMILES string of the molecule is CC(CC(=O)NCc1ccnc(N2CCCC2)c1)c1ccc(C(F)(F)F)cc1. The third kappa shape index (κ3) is 5.24. The van der Waals surface area contributed by atoms with E-state index in [-0.39, 0.29) is 18.2 Å². The number of alkyl halides is 3. The van der Waals surface area contributed by atoms with Gasteiger partial charge in [-0.2, -0.15) is 13.2 Å². The lowest BCUT2D eigenvalue weighted by molar-refractivity contribution is -0.137. The van der Waals surface area contributed by atoms with Gasteiger partial charge < -0.3 is 10.2 Å². The highest BCUT2D eigenvalue weighted by atomic mass is 19.4. The largest absolute Gasteiger partial charge is 0.416 e. The van der Waals surface area contributed by atoms with Crippen molar-refractivity contribution in [2.24, 2.45) is 0 Å². The minimum absolute atomic E-state index is 0.132. The van der Waals surface area contributed by atoms with Gasteiger partial charge >= 0.3 is 6.18 Å². The van der Waals surface area contributed by atoms with E-state index in [2.05, 4.69) is 15.2 Å². The van der Waals surface area contributed by atoms with Crippen LogP contribution in [0.2, 0.25) is 0 Å².